The average molecular weight is 251 g/mol. The number of hydrogen-bond acceptors (Lipinski definition) is 3. The van der Waals surface area contributed by atoms with Gasteiger partial charge < -0.3 is 10.6 Å². The summed E-state index contributed by atoms with van der Waals surface area (Å²) >= 11 is 0. The van der Waals surface area contributed by atoms with Gasteiger partial charge in [0.25, 0.3) is 0 Å². The van der Waals surface area contributed by atoms with E-state index in [0.717, 1.165) is 16.9 Å². The van der Waals surface area contributed by atoms with Crippen molar-refractivity contribution in [2.24, 2.45) is 5.73 Å². The Hall–Kier alpha value is -2.31. The lowest BCUT2D eigenvalue weighted by atomic mass is 10.1. The van der Waals surface area contributed by atoms with Gasteiger partial charge in [0.15, 0.2) is 0 Å². The molecule has 0 aromatic heterocycles. The van der Waals surface area contributed by atoms with Crippen molar-refractivity contribution in [2.75, 3.05) is 11.9 Å². The Kier molecular flexibility index (Phi) is 3.84. The molecule has 0 bridgehead atoms. The van der Waals surface area contributed by atoms with E-state index in [1.54, 1.807) is 0 Å². The van der Waals surface area contributed by atoms with Crippen LogP contribution in [0.5, 0.6) is 0 Å². The summed E-state index contributed by atoms with van der Waals surface area (Å²) in [6, 6.07) is 16.1. The quantitative estimate of drug-likeness (QED) is 0.912. The molecule has 2 rings (SSSR count). The molecule has 0 heterocycles. The molecule has 0 saturated heterocycles. The lowest BCUT2D eigenvalue weighted by Crippen LogP contribution is -2.12. The molecule has 0 aliphatic carbocycles. The van der Waals surface area contributed by atoms with Gasteiger partial charge in [-0.1, -0.05) is 24.3 Å². The van der Waals surface area contributed by atoms with E-state index in [1.165, 1.54) is 5.56 Å². The average Bonchev–Trinajstić information content (AvgIpc) is 2.46. The Morgan fingerprint density at radius 1 is 1.16 bits per heavy atom. The van der Waals surface area contributed by atoms with Crippen molar-refractivity contribution in [1.29, 1.82) is 5.26 Å². The summed E-state index contributed by atoms with van der Waals surface area (Å²) in [6.45, 7) is 2.51. The second kappa shape index (κ2) is 5.55. The van der Waals surface area contributed by atoms with Gasteiger partial charge in [0, 0.05) is 19.3 Å². The summed E-state index contributed by atoms with van der Waals surface area (Å²) in [5, 5.41) is 9.29. The molecule has 0 unspecified atom stereocenters. The van der Waals surface area contributed by atoms with E-state index in [9.17, 15) is 5.26 Å². The molecule has 96 valence electrons. The van der Waals surface area contributed by atoms with Crippen LogP contribution >= 0.6 is 0 Å². The third kappa shape index (κ3) is 2.59. The van der Waals surface area contributed by atoms with Crippen LogP contribution in [0.1, 0.15) is 16.7 Å². The van der Waals surface area contributed by atoms with Crippen molar-refractivity contribution in [2.45, 2.75) is 13.5 Å². The number of benzene rings is 2. The number of nitriles is 1. The van der Waals surface area contributed by atoms with Crippen LogP contribution < -0.4 is 10.6 Å². The number of nitrogens with zero attached hydrogens (tertiary/aromatic N) is 2. The highest BCUT2D eigenvalue weighted by molar-refractivity contribution is 5.71. The maximum Gasteiger partial charge on any atom is 0.101 e. The Morgan fingerprint density at radius 2 is 1.89 bits per heavy atom. The van der Waals surface area contributed by atoms with Crippen molar-refractivity contribution in [3.05, 3.63) is 59.2 Å². The minimum atomic E-state index is 0.447. The highest BCUT2D eigenvalue weighted by Gasteiger charge is 2.11. The lowest BCUT2D eigenvalue weighted by Gasteiger charge is -2.23. The van der Waals surface area contributed by atoms with Crippen LogP contribution in [-0.4, -0.2) is 7.05 Å². The minimum absolute atomic E-state index is 0.447. The van der Waals surface area contributed by atoms with Crippen LogP contribution in [0, 0.1) is 18.3 Å². The molecule has 2 aromatic carbocycles. The molecule has 0 aliphatic rings. The zero-order chi connectivity index (χ0) is 13.8. The Labute approximate surface area is 113 Å². The predicted molar refractivity (Wildman–Crippen MR) is 78.3 cm³/mol. The normalized spacial score (nSPS) is 10.0. The van der Waals surface area contributed by atoms with Crippen LogP contribution in [-0.2, 0) is 6.54 Å². The minimum Gasteiger partial charge on any atom is -0.343 e. The lowest BCUT2D eigenvalue weighted by molar-refractivity contribution is 1.06. The van der Waals surface area contributed by atoms with Crippen molar-refractivity contribution in [3.63, 3.8) is 0 Å². The smallest absolute Gasteiger partial charge is 0.101 e. The van der Waals surface area contributed by atoms with E-state index in [1.807, 2.05) is 48.3 Å². The van der Waals surface area contributed by atoms with Gasteiger partial charge in [-0.2, -0.15) is 5.26 Å². The topological polar surface area (TPSA) is 53.0 Å². The number of para-hydroxylation sites is 1. The van der Waals surface area contributed by atoms with Gasteiger partial charge in [-0.3, -0.25) is 0 Å². The third-order valence-corrected chi connectivity index (χ3v) is 3.26. The Morgan fingerprint density at radius 3 is 2.53 bits per heavy atom. The predicted octanol–water partition coefficient (Wildman–Crippen LogP) is 3.09. The maximum atomic E-state index is 9.29. The van der Waals surface area contributed by atoms with E-state index >= 15 is 0 Å². The van der Waals surface area contributed by atoms with Gasteiger partial charge >= 0.3 is 0 Å². The molecule has 0 amide bonds. The maximum absolute atomic E-state index is 9.29. The summed E-state index contributed by atoms with van der Waals surface area (Å²) < 4.78 is 0. The molecule has 0 spiro atoms. The van der Waals surface area contributed by atoms with Crippen molar-refractivity contribution >= 4 is 11.4 Å². The molecule has 2 aromatic rings. The second-order valence-corrected chi connectivity index (χ2v) is 4.51. The molecular formula is C16H17N3. The number of rotatable bonds is 3. The molecule has 0 saturated carbocycles. The van der Waals surface area contributed by atoms with Crippen molar-refractivity contribution in [3.8, 4) is 6.07 Å². The van der Waals surface area contributed by atoms with Crippen molar-refractivity contribution < 1.29 is 0 Å². The first kappa shape index (κ1) is 13.1. The fraction of sp³-hybridized carbons (Fsp3) is 0.188. The van der Waals surface area contributed by atoms with E-state index in [-0.39, 0.29) is 0 Å². The summed E-state index contributed by atoms with van der Waals surface area (Å²) in [5.41, 5.74) is 10.4. The Bertz CT molecular complexity index is 626. The first-order valence-electron chi connectivity index (χ1n) is 6.20. The van der Waals surface area contributed by atoms with Gasteiger partial charge in [0.05, 0.1) is 11.3 Å². The second-order valence-electron chi connectivity index (χ2n) is 4.51. The molecule has 0 atom stereocenters. The number of nitrogens with two attached hydrogens (primary N) is 1. The number of anilines is 2. The number of hydrogen-bond donors (Lipinski definition) is 1. The first-order chi connectivity index (χ1) is 9.17. The van der Waals surface area contributed by atoms with Gasteiger partial charge in [-0.05, 0) is 36.2 Å². The Balaban J connectivity index is 2.48. The molecule has 2 N–H and O–H groups in total. The molecular weight excluding hydrogens is 234 g/mol. The summed E-state index contributed by atoms with van der Waals surface area (Å²) in [7, 11) is 1.97. The van der Waals surface area contributed by atoms with E-state index in [2.05, 4.69) is 19.1 Å². The summed E-state index contributed by atoms with van der Waals surface area (Å²) in [5.74, 6) is 0. The molecule has 3 nitrogen and oxygen atoms in total. The highest BCUT2D eigenvalue weighted by atomic mass is 15.1. The molecule has 0 fully saturated rings. The van der Waals surface area contributed by atoms with Crippen LogP contribution in [0.25, 0.3) is 0 Å². The van der Waals surface area contributed by atoms with E-state index in [4.69, 9.17) is 5.73 Å². The zero-order valence-corrected chi connectivity index (χ0v) is 11.2. The standard InChI is InChI=1S/C16H17N3/c1-12-5-3-4-6-15(12)19(2)16-8-7-13(10-17)9-14(16)11-18/h3-9H,10,17H2,1-2H3. The fourth-order valence-electron chi connectivity index (χ4n) is 2.16. The molecule has 3 heteroatoms. The number of aryl methyl sites for hydroxylation is 1. The van der Waals surface area contributed by atoms with Gasteiger partial charge in [-0.25, -0.2) is 0 Å². The van der Waals surface area contributed by atoms with Crippen molar-refractivity contribution in [1.82, 2.24) is 0 Å². The molecule has 19 heavy (non-hydrogen) atoms. The largest absolute Gasteiger partial charge is 0.343 e. The zero-order valence-electron chi connectivity index (χ0n) is 11.2. The van der Waals surface area contributed by atoms with E-state index in [0.29, 0.717) is 12.1 Å². The van der Waals surface area contributed by atoms with Crippen LogP contribution in [0.4, 0.5) is 11.4 Å². The first-order valence-corrected chi connectivity index (χ1v) is 6.20. The molecule has 0 aliphatic heterocycles. The van der Waals surface area contributed by atoms with Crippen LogP contribution in [0.15, 0.2) is 42.5 Å². The van der Waals surface area contributed by atoms with Gasteiger partial charge in [0.1, 0.15) is 6.07 Å². The summed E-state index contributed by atoms with van der Waals surface area (Å²) in [6.07, 6.45) is 0. The van der Waals surface area contributed by atoms with Gasteiger partial charge in [0.2, 0.25) is 0 Å². The van der Waals surface area contributed by atoms with E-state index < -0.39 is 0 Å². The summed E-state index contributed by atoms with van der Waals surface area (Å²) in [4.78, 5) is 2.04. The highest BCUT2D eigenvalue weighted by Crippen LogP contribution is 2.29. The van der Waals surface area contributed by atoms with Crippen LogP contribution in [0.2, 0.25) is 0 Å². The van der Waals surface area contributed by atoms with Crippen LogP contribution in [0.3, 0.4) is 0 Å². The fourth-order valence-corrected chi connectivity index (χ4v) is 2.16. The monoisotopic (exact) mass is 251 g/mol. The third-order valence-electron chi connectivity index (χ3n) is 3.26. The SMILES string of the molecule is Cc1ccccc1N(C)c1ccc(CN)cc1C#N. The molecule has 0 radical (unpaired) electrons. The van der Waals surface area contributed by atoms with Gasteiger partial charge in [-0.15, -0.1) is 0 Å².